The summed E-state index contributed by atoms with van der Waals surface area (Å²) in [6.07, 6.45) is 4.09. The molecule has 0 aromatic carbocycles. The first-order valence-electron chi connectivity index (χ1n) is 7.43. The van der Waals surface area contributed by atoms with E-state index in [-0.39, 0.29) is 0 Å². The zero-order chi connectivity index (χ0) is 13.9. The molecule has 20 heavy (non-hydrogen) atoms. The normalized spacial score (nSPS) is 16.7. The van der Waals surface area contributed by atoms with Crippen molar-refractivity contribution in [3.63, 3.8) is 0 Å². The highest BCUT2D eigenvalue weighted by Gasteiger charge is 2.11. The van der Waals surface area contributed by atoms with Crippen LogP contribution in [0.5, 0.6) is 0 Å². The highest BCUT2D eigenvalue weighted by Crippen LogP contribution is 2.28. The van der Waals surface area contributed by atoms with Gasteiger partial charge in [-0.15, -0.1) is 11.3 Å². The predicted octanol–water partition coefficient (Wildman–Crippen LogP) is 3.21. The Morgan fingerprint density at radius 1 is 1.20 bits per heavy atom. The maximum absolute atomic E-state index is 4.56. The SMILES string of the molecule is Cc1nc(NCCN2CCCCC2)c2cc(C)sc2n1. The van der Waals surface area contributed by atoms with Gasteiger partial charge in [0.05, 0.1) is 5.39 Å². The number of nitrogens with zero attached hydrogens (tertiary/aromatic N) is 3. The van der Waals surface area contributed by atoms with Gasteiger partial charge in [0.2, 0.25) is 0 Å². The van der Waals surface area contributed by atoms with Crippen LogP contribution in [0.4, 0.5) is 5.82 Å². The van der Waals surface area contributed by atoms with E-state index < -0.39 is 0 Å². The smallest absolute Gasteiger partial charge is 0.138 e. The van der Waals surface area contributed by atoms with Crippen LogP contribution in [0.25, 0.3) is 10.2 Å². The van der Waals surface area contributed by atoms with Gasteiger partial charge in [-0.25, -0.2) is 9.97 Å². The van der Waals surface area contributed by atoms with Crippen molar-refractivity contribution in [3.05, 3.63) is 16.8 Å². The Bertz CT molecular complexity index is 587. The van der Waals surface area contributed by atoms with Crippen LogP contribution in [0.1, 0.15) is 30.0 Å². The molecule has 5 heteroatoms. The molecular formula is C15H22N4S. The highest BCUT2D eigenvalue weighted by molar-refractivity contribution is 7.18. The molecular weight excluding hydrogens is 268 g/mol. The third-order valence-electron chi connectivity index (χ3n) is 3.80. The number of likely N-dealkylation sites (tertiary alicyclic amines) is 1. The van der Waals surface area contributed by atoms with E-state index in [2.05, 4.69) is 33.2 Å². The first kappa shape index (κ1) is 13.8. The molecule has 3 heterocycles. The number of rotatable bonds is 4. The molecule has 1 fully saturated rings. The van der Waals surface area contributed by atoms with Gasteiger partial charge < -0.3 is 10.2 Å². The van der Waals surface area contributed by atoms with Crippen LogP contribution in [-0.2, 0) is 0 Å². The first-order valence-corrected chi connectivity index (χ1v) is 8.25. The number of anilines is 1. The third-order valence-corrected chi connectivity index (χ3v) is 4.74. The van der Waals surface area contributed by atoms with E-state index in [0.717, 1.165) is 34.9 Å². The van der Waals surface area contributed by atoms with Crippen molar-refractivity contribution in [2.24, 2.45) is 0 Å². The average molecular weight is 290 g/mol. The molecule has 0 amide bonds. The number of fused-ring (bicyclic) bond motifs is 1. The first-order chi connectivity index (χ1) is 9.72. The van der Waals surface area contributed by atoms with Gasteiger partial charge in [-0.2, -0.15) is 0 Å². The van der Waals surface area contributed by atoms with Gasteiger partial charge in [0.15, 0.2) is 0 Å². The lowest BCUT2D eigenvalue weighted by molar-refractivity contribution is 0.237. The summed E-state index contributed by atoms with van der Waals surface area (Å²) in [6.45, 7) is 8.65. The standard InChI is InChI=1S/C15H22N4S/c1-11-10-13-14(17-12(2)18-15(13)20-11)16-6-9-19-7-4-3-5-8-19/h10H,3-9H2,1-2H3,(H,16,17,18). The zero-order valence-corrected chi connectivity index (χ0v) is 13.1. The molecule has 0 saturated carbocycles. The Hall–Kier alpha value is -1.20. The molecule has 4 nitrogen and oxygen atoms in total. The minimum absolute atomic E-state index is 0.847. The molecule has 1 N–H and O–H groups in total. The van der Waals surface area contributed by atoms with Crippen LogP contribution < -0.4 is 5.32 Å². The van der Waals surface area contributed by atoms with E-state index in [1.54, 1.807) is 11.3 Å². The lowest BCUT2D eigenvalue weighted by atomic mass is 10.1. The molecule has 1 saturated heterocycles. The monoisotopic (exact) mass is 290 g/mol. The van der Waals surface area contributed by atoms with Gasteiger partial charge in [0.25, 0.3) is 0 Å². The summed E-state index contributed by atoms with van der Waals surface area (Å²) in [7, 11) is 0. The van der Waals surface area contributed by atoms with Crippen molar-refractivity contribution in [1.82, 2.24) is 14.9 Å². The molecule has 108 valence electrons. The summed E-state index contributed by atoms with van der Waals surface area (Å²) in [5.74, 6) is 1.84. The Morgan fingerprint density at radius 3 is 2.80 bits per heavy atom. The summed E-state index contributed by atoms with van der Waals surface area (Å²) in [5.41, 5.74) is 0. The average Bonchev–Trinajstić information content (AvgIpc) is 2.80. The van der Waals surface area contributed by atoms with Crippen LogP contribution in [-0.4, -0.2) is 41.0 Å². The van der Waals surface area contributed by atoms with Crippen LogP contribution in [0, 0.1) is 13.8 Å². The summed E-state index contributed by atoms with van der Waals surface area (Å²) in [6, 6.07) is 2.18. The van der Waals surface area contributed by atoms with E-state index in [9.17, 15) is 0 Å². The van der Waals surface area contributed by atoms with Crippen molar-refractivity contribution < 1.29 is 0 Å². The molecule has 0 unspecified atom stereocenters. The maximum Gasteiger partial charge on any atom is 0.138 e. The molecule has 2 aromatic heterocycles. The summed E-state index contributed by atoms with van der Waals surface area (Å²) < 4.78 is 0. The molecule has 3 rings (SSSR count). The van der Waals surface area contributed by atoms with Crippen LogP contribution in [0.3, 0.4) is 0 Å². The third kappa shape index (κ3) is 3.10. The number of thiophene rings is 1. The van der Waals surface area contributed by atoms with Gasteiger partial charge in [-0.1, -0.05) is 6.42 Å². The quantitative estimate of drug-likeness (QED) is 0.939. The van der Waals surface area contributed by atoms with Gasteiger partial charge in [0.1, 0.15) is 16.5 Å². The van der Waals surface area contributed by atoms with Crippen molar-refractivity contribution in [2.75, 3.05) is 31.5 Å². The second-order valence-corrected chi connectivity index (χ2v) is 6.76. The van der Waals surface area contributed by atoms with Crippen molar-refractivity contribution >= 4 is 27.4 Å². The summed E-state index contributed by atoms with van der Waals surface area (Å²) >= 11 is 1.74. The molecule has 0 spiro atoms. The molecule has 0 bridgehead atoms. The van der Waals surface area contributed by atoms with Crippen molar-refractivity contribution in [2.45, 2.75) is 33.1 Å². The minimum atomic E-state index is 0.847. The molecule has 1 aliphatic heterocycles. The number of aryl methyl sites for hydroxylation is 2. The van der Waals surface area contributed by atoms with Crippen LogP contribution >= 0.6 is 11.3 Å². The van der Waals surface area contributed by atoms with Gasteiger partial charge >= 0.3 is 0 Å². The van der Waals surface area contributed by atoms with E-state index in [1.165, 1.54) is 37.2 Å². The fraction of sp³-hybridized carbons (Fsp3) is 0.600. The van der Waals surface area contributed by atoms with Gasteiger partial charge in [0, 0.05) is 18.0 Å². The zero-order valence-electron chi connectivity index (χ0n) is 12.3. The predicted molar refractivity (Wildman–Crippen MR) is 85.7 cm³/mol. The van der Waals surface area contributed by atoms with Crippen LogP contribution in [0.15, 0.2) is 6.07 Å². The Morgan fingerprint density at radius 2 is 2.00 bits per heavy atom. The maximum atomic E-state index is 4.56. The Kier molecular flexibility index (Phi) is 4.17. The van der Waals surface area contributed by atoms with Crippen LogP contribution in [0.2, 0.25) is 0 Å². The van der Waals surface area contributed by atoms with Crippen molar-refractivity contribution in [1.29, 1.82) is 0 Å². The van der Waals surface area contributed by atoms with Crippen molar-refractivity contribution in [3.8, 4) is 0 Å². The van der Waals surface area contributed by atoms with E-state index >= 15 is 0 Å². The molecule has 2 aromatic rings. The fourth-order valence-electron chi connectivity index (χ4n) is 2.80. The summed E-state index contributed by atoms with van der Waals surface area (Å²) in [4.78, 5) is 14.0. The number of piperidine rings is 1. The molecule has 0 radical (unpaired) electrons. The number of hydrogen-bond acceptors (Lipinski definition) is 5. The van der Waals surface area contributed by atoms with Gasteiger partial charge in [-0.05, 0) is 45.8 Å². The fourth-order valence-corrected chi connectivity index (χ4v) is 3.72. The molecule has 0 atom stereocenters. The lowest BCUT2D eigenvalue weighted by Gasteiger charge is -2.26. The second-order valence-electron chi connectivity index (χ2n) is 5.52. The summed E-state index contributed by atoms with van der Waals surface area (Å²) in [5, 5.41) is 4.67. The number of hydrogen-bond donors (Lipinski definition) is 1. The Balaban J connectivity index is 1.67. The minimum Gasteiger partial charge on any atom is -0.368 e. The Labute approximate surface area is 124 Å². The van der Waals surface area contributed by atoms with E-state index in [0.29, 0.717) is 0 Å². The largest absolute Gasteiger partial charge is 0.368 e. The van der Waals surface area contributed by atoms with E-state index in [1.807, 2.05) is 6.92 Å². The molecule has 1 aliphatic rings. The van der Waals surface area contributed by atoms with Gasteiger partial charge in [-0.3, -0.25) is 0 Å². The molecule has 0 aliphatic carbocycles. The van der Waals surface area contributed by atoms with E-state index in [4.69, 9.17) is 0 Å². The topological polar surface area (TPSA) is 41.1 Å². The highest BCUT2D eigenvalue weighted by atomic mass is 32.1. The number of nitrogens with one attached hydrogen (secondary N) is 1. The lowest BCUT2D eigenvalue weighted by Crippen LogP contribution is -2.33. The number of aromatic nitrogens is 2. The second kappa shape index (κ2) is 6.06.